The van der Waals surface area contributed by atoms with E-state index in [9.17, 15) is 0 Å². The number of aromatic nitrogens is 1. The molecule has 0 N–H and O–H groups in total. The number of ether oxygens (including phenoxy) is 1. The maximum absolute atomic E-state index is 5.96. The molecular formula is C14H20ClNO. The molecule has 1 fully saturated rings. The molecule has 17 heavy (non-hydrogen) atoms. The second kappa shape index (κ2) is 6.25. The molecule has 2 atom stereocenters. The Morgan fingerprint density at radius 1 is 1.47 bits per heavy atom. The van der Waals surface area contributed by atoms with Crippen LogP contribution in [0.1, 0.15) is 44.6 Å². The lowest BCUT2D eigenvalue weighted by Gasteiger charge is -2.28. The van der Waals surface area contributed by atoms with Crippen LogP contribution in [0.5, 0.6) is 5.88 Å². The summed E-state index contributed by atoms with van der Waals surface area (Å²) in [4.78, 5) is 4.25. The highest BCUT2D eigenvalue weighted by molar-refractivity contribution is 6.17. The van der Waals surface area contributed by atoms with E-state index in [4.69, 9.17) is 16.3 Å². The number of rotatable bonds is 4. The molecule has 0 bridgehead atoms. The van der Waals surface area contributed by atoms with Crippen molar-refractivity contribution in [3.05, 3.63) is 23.9 Å². The molecule has 2 rings (SSSR count). The van der Waals surface area contributed by atoms with Gasteiger partial charge in [0.25, 0.3) is 0 Å². The standard InChI is InChI=1S/C14H20ClNO/c1-2-11-4-3-5-13(8-11)17-14-9-12(10-15)6-7-16-14/h6-7,9,11,13H,2-5,8,10H2,1H3. The third-order valence-electron chi connectivity index (χ3n) is 3.55. The summed E-state index contributed by atoms with van der Waals surface area (Å²) >= 11 is 5.80. The van der Waals surface area contributed by atoms with E-state index in [1.165, 1.54) is 25.7 Å². The summed E-state index contributed by atoms with van der Waals surface area (Å²) in [5.41, 5.74) is 1.07. The first kappa shape index (κ1) is 12.7. The number of halogens is 1. The zero-order chi connectivity index (χ0) is 12.1. The first-order valence-corrected chi connectivity index (χ1v) is 7.02. The molecule has 2 unspecified atom stereocenters. The second-order valence-electron chi connectivity index (χ2n) is 4.82. The molecule has 94 valence electrons. The van der Waals surface area contributed by atoms with E-state index in [2.05, 4.69) is 11.9 Å². The highest BCUT2D eigenvalue weighted by Gasteiger charge is 2.22. The molecular weight excluding hydrogens is 234 g/mol. The van der Waals surface area contributed by atoms with E-state index in [1.807, 2.05) is 12.1 Å². The molecule has 1 aromatic heterocycles. The minimum atomic E-state index is 0.340. The van der Waals surface area contributed by atoms with Crippen LogP contribution in [0.25, 0.3) is 0 Å². The van der Waals surface area contributed by atoms with Gasteiger partial charge in [0.15, 0.2) is 0 Å². The maximum Gasteiger partial charge on any atom is 0.213 e. The monoisotopic (exact) mass is 253 g/mol. The molecule has 1 aliphatic carbocycles. The third-order valence-corrected chi connectivity index (χ3v) is 3.86. The molecule has 0 spiro atoms. The fraction of sp³-hybridized carbons (Fsp3) is 0.643. The largest absolute Gasteiger partial charge is 0.474 e. The van der Waals surface area contributed by atoms with Crippen LogP contribution in [0.2, 0.25) is 0 Å². The average Bonchev–Trinajstić information content (AvgIpc) is 2.39. The Hall–Kier alpha value is -0.760. The lowest BCUT2D eigenvalue weighted by Crippen LogP contribution is -2.25. The van der Waals surface area contributed by atoms with Crippen molar-refractivity contribution >= 4 is 11.6 Å². The predicted octanol–water partition coefficient (Wildman–Crippen LogP) is 4.17. The minimum absolute atomic E-state index is 0.340. The molecule has 1 aliphatic rings. The Morgan fingerprint density at radius 2 is 2.35 bits per heavy atom. The molecule has 1 heterocycles. The van der Waals surface area contributed by atoms with E-state index in [0.717, 1.165) is 23.8 Å². The Balaban J connectivity index is 1.95. The van der Waals surface area contributed by atoms with E-state index < -0.39 is 0 Å². The summed E-state index contributed by atoms with van der Waals surface area (Å²) < 4.78 is 5.96. The molecule has 0 amide bonds. The quantitative estimate of drug-likeness (QED) is 0.752. The van der Waals surface area contributed by atoms with Crippen LogP contribution < -0.4 is 4.74 Å². The van der Waals surface area contributed by atoms with Crippen molar-refractivity contribution in [2.45, 2.75) is 51.0 Å². The van der Waals surface area contributed by atoms with Crippen molar-refractivity contribution in [1.82, 2.24) is 4.98 Å². The zero-order valence-corrected chi connectivity index (χ0v) is 11.1. The molecule has 1 saturated carbocycles. The van der Waals surface area contributed by atoms with E-state index >= 15 is 0 Å². The lowest BCUT2D eigenvalue weighted by atomic mass is 9.85. The third kappa shape index (κ3) is 3.60. The predicted molar refractivity (Wildman–Crippen MR) is 70.5 cm³/mol. The van der Waals surface area contributed by atoms with Gasteiger partial charge in [-0.2, -0.15) is 0 Å². The second-order valence-corrected chi connectivity index (χ2v) is 5.08. The number of alkyl halides is 1. The SMILES string of the molecule is CCC1CCCC(Oc2cc(CCl)ccn2)C1. The fourth-order valence-corrected chi connectivity index (χ4v) is 2.65. The average molecular weight is 254 g/mol. The fourth-order valence-electron chi connectivity index (χ4n) is 2.49. The van der Waals surface area contributed by atoms with Gasteiger partial charge in [0, 0.05) is 18.1 Å². The first-order valence-electron chi connectivity index (χ1n) is 6.49. The Labute approximate surface area is 108 Å². The van der Waals surface area contributed by atoms with Gasteiger partial charge in [-0.15, -0.1) is 11.6 Å². The van der Waals surface area contributed by atoms with Crippen LogP contribution in [-0.2, 0) is 5.88 Å². The van der Waals surface area contributed by atoms with E-state index in [1.54, 1.807) is 6.20 Å². The van der Waals surface area contributed by atoms with Crippen LogP contribution in [0.15, 0.2) is 18.3 Å². The molecule has 0 aromatic carbocycles. The summed E-state index contributed by atoms with van der Waals surface area (Å²) in [6.07, 6.45) is 8.32. The maximum atomic E-state index is 5.96. The summed E-state index contributed by atoms with van der Waals surface area (Å²) in [6.45, 7) is 2.26. The van der Waals surface area contributed by atoms with Crippen molar-refractivity contribution < 1.29 is 4.74 Å². The van der Waals surface area contributed by atoms with Gasteiger partial charge in [0.2, 0.25) is 5.88 Å². The van der Waals surface area contributed by atoms with Crippen molar-refractivity contribution in [3.8, 4) is 5.88 Å². The van der Waals surface area contributed by atoms with Gasteiger partial charge in [-0.25, -0.2) is 4.98 Å². The summed E-state index contributed by atoms with van der Waals surface area (Å²) in [6, 6.07) is 3.87. The van der Waals surface area contributed by atoms with Gasteiger partial charge in [0.05, 0.1) is 0 Å². The smallest absolute Gasteiger partial charge is 0.213 e. The van der Waals surface area contributed by atoms with Crippen molar-refractivity contribution in [2.24, 2.45) is 5.92 Å². The Bertz CT molecular complexity index is 356. The van der Waals surface area contributed by atoms with Crippen molar-refractivity contribution in [2.75, 3.05) is 0 Å². The molecule has 0 aliphatic heterocycles. The Kier molecular flexibility index (Phi) is 4.66. The summed E-state index contributed by atoms with van der Waals surface area (Å²) in [7, 11) is 0. The van der Waals surface area contributed by atoms with Gasteiger partial charge in [0.1, 0.15) is 6.10 Å². The van der Waals surface area contributed by atoms with Gasteiger partial charge in [-0.3, -0.25) is 0 Å². The highest BCUT2D eigenvalue weighted by Crippen LogP contribution is 2.29. The van der Waals surface area contributed by atoms with Crippen LogP contribution >= 0.6 is 11.6 Å². The molecule has 3 heteroatoms. The Morgan fingerprint density at radius 3 is 3.12 bits per heavy atom. The number of hydrogen-bond acceptors (Lipinski definition) is 2. The van der Waals surface area contributed by atoms with E-state index in [0.29, 0.717) is 12.0 Å². The first-order chi connectivity index (χ1) is 8.31. The van der Waals surface area contributed by atoms with Crippen LogP contribution in [0.3, 0.4) is 0 Å². The number of pyridine rings is 1. The molecule has 0 saturated heterocycles. The lowest BCUT2D eigenvalue weighted by molar-refractivity contribution is 0.117. The van der Waals surface area contributed by atoms with Crippen LogP contribution in [0, 0.1) is 5.92 Å². The molecule has 0 radical (unpaired) electrons. The number of hydrogen-bond donors (Lipinski definition) is 0. The van der Waals surface area contributed by atoms with Crippen LogP contribution in [-0.4, -0.2) is 11.1 Å². The van der Waals surface area contributed by atoms with Gasteiger partial charge in [-0.05, 0) is 36.8 Å². The number of nitrogens with zero attached hydrogens (tertiary/aromatic N) is 1. The normalized spacial score (nSPS) is 24.6. The van der Waals surface area contributed by atoms with Crippen molar-refractivity contribution in [1.29, 1.82) is 0 Å². The molecule has 2 nitrogen and oxygen atoms in total. The minimum Gasteiger partial charge on any atom is -0.474 e. The van der Waals surface area contributed by atoms with Crippen LogP contribution in [0.4, 0.5) is 0 Å². The summed E-state index contributed by atoms with van der Waals surface area (Å²) in [5.74, 6) is 2.07. The van der Waals surface area contributed by atoms with Crippen molar-refractivity contribution in [3.63, 3.8) is 0 Å². The van der Waals surface area contributed by atoms with Gasteiger partial charge in [-0.1, -0.05) is 19.8 Å². The van der Waals surface area contributed by atoms with E-state index in [-0.39, 0.29) is 0 Å². The van der Waals surface area contributed by atoms with Gasteiger partial charge < -0.3 is 4.74 Å². The van der Waals surface area contributed by atoms with Gasteiger partial charge >= 0.3 is 0 Å². The topological polar surface area (TPSA) is 22.1 Å². The molecule has 1 aromatic rings. The zero-order valence-electron chi connectivity index (χ0n) is 10.4. The summed E-state index contributed by atoms with van der Waals surface area (Å²) in [5, 5.41) is 0. The highest BCUT2D eigenvalue weighted by atomic mass is 35.5.